The first-order valence-electron chi connectivity index (χ1n) is 7.86. The highest BCUT2D eigenvalue weighted by molar-refractivity contribution is 7.18. The second-order valence-corrected chi connectivity index (χ2v) is 7.13. The van der Waals surface area contributed by atoms with Gasteiger partial charge in [-0.05, 0) is 19.8 Å². The smallest absolute Gasteiger partial charge is 0.248 e. The van der Waals surface area contributed by atoms with Crippen LogP contribution >= 0.6 is 11.3 Å². The normalized spacial score (nSPS) is 12.0. The minimum atomic E-state index is -0.622. The summed E-state index contributed by atoms with van der Waals surface area (Å²) >= 11 is 1.30. The standard InChI is InChI=1S/C17H22N4O2S/c1-10(2)9-14(22)18-12(4)15(23)19-17-21-20-16(24-17)13-7-5-11(3)6-8-13/h5-8,10,12H,9H2,1-4H3,(H,18,22)(H,19,21,23). The van der Waals surface area contributed by atoms with Crippen LogP contribution in [0.25, 0.3) is 10.6 Å². The largest absolute Gasteiger partial charge is 0.345 e. The minimum Gasteiger partial charge on any atom is -0.345 e. The Morgan fingerprint density at radius 2 is 1.79 bits per heavy atom. The third-order valence-corrected chi connectivity index (χ3v) is 4.21. The molecule has 2 rings (SSSR count). The number of benzene rings is 1. The molecule has 0 spiro atoms. The van der Waals surface area contributed by atoms with Gasteiger partial charge in [-0.3, -0.25) is 14.9 Å². The molecule has 0 bridgehead atoms. The van der Waals surface area contributed by atoms with E-state index in [1.165, 1.54) is 16.9 Å². The Bertz CT molecular complexity index is 710. The number of carbonyl (C=O) groups excluding carboxylic acids is 2. The van der Waals surface area contributed by atoms with Crippen LogP contribution in [0.2, 0.25) is 0 Å². The van der Waals surface area contributed by atoms with Crippen molar-refractivity contribution in [1.82, 2.24) is 15.5 Å². The highest BCUT2D eigenvalue weighted by atomic mass is 32.1. The molecule has 1 atom stereocenters. The molecule has 0 saturated heterocycles. The van der Waals surface area contributed by atoms with Gasteiger partial charge in [0.2, 0.25) is 16.9 Å². The lowest BCUT2D eigenvalue weighted by molar-refractivity contribution is -0.126. The van der Waals surface area contributed by atoms with Crippen LogP contribution in [0, 0.1) is 12.8 Å². The Morgan fingerprint density at radius 3 is 2.42 bits per heavy atom. The molecule has 0 fully saturated rings. The number of aromatic nitrogens is 2. The molecule has 0 saturated carbocycles. The first-order chi connectivity index (χ1) is 11.3. The van der Waals surface area contributed by atoms with E-state index in [0.29, 0.717) is 11.6 Å². The van der Waals surface area contributed by atoms with Crippen molar-refractivity contribution in [3.05, 3.63) is 29.8 Å². The van der Waals surface area contributed by atoms with E-state index in [4.69, 9.17) is 0 Å². The van der Waals surface area contributed by atoms with Gasteiger partial charge in [0.05, 0.1) is 0 Å². The van der Waals surface area contributed by atoms with E-state index in [1.54, 1.807) is 6.92 Å². The van der Waals surface area contributed by atoms with Crippen LogP contribution in [-0.2, 0) is 9.59 Å². The number of anilines is 1. The lowest BCUT2D eigenvalue weighted by atomic mass is 10.1. The summed E-state index contributed by atoms with van der Waals surface area (Å²) in [4.78, 5) is 23.9. The number of aryl methyl sites for hydroxylation is 1. The lowest BCUT2D eigenvalue weighted by Crippen LogP contribution is -2.41. The second-order valence-electron chi connectivity index (χ2n) is 6.15. The first kappa shape index (κ1) is 18.1. The summed E-state index contributed by atoms with van der Waals surface area (Å²) in [5.74, 6) is -0.190. The van der Waals surface area contributed by atoms with E-state index in [2.05, 4.69) is 20.8 Å². The van der Waals surface area contributed by atoms with Gasteiger partial charge >= 0.3 is 0 Å². The summed E-state index contributed by atoms with van der Waals surface area (Å²) in [6.45, 7) is 7.58. The summed E-state index contributed by atoms with van der Waals surface area (Å²) in [5.41, 5.74) is 2.12. The Kier molecular flexibility index (Phi) is 6.03. The number of nitrogens with one attached hydrogen (secondary N) is 2. The van der Waals surface area contributed by atoms with Gasteiger partial charge < -0.3 is 5.32 Å². The zero-order valence-corrected chi connectivity index (χ0v) is 15.1. The van der Waals surface area contributed by atoms with Gasteiger partial charge in [0.25, 0.3) is 0 Å². The van der Waals surface area contributed by atoms with E-state index in [1.807, 2.05) is 45.0 Å². The molecule has 24 heavy (non-hydrogen) atoms. The molecule has 7 heteroatoms. The fourth-order valence-electron chi connectivity index (χ4n) is 2.04. The summed E-state index contributed by atoms with van der Waals surface area (Å²) in [5, 5.41) is 14.6. The van der Waals surface area contributed by atoms with Crippen molar-refractivity contribution >= 4 is 28.3 Å². The van der Waals surface area contributed by atoms with Gasteiger partial charge in [-0.25, -0.2) is 0 Å². The average molecular weight is 346 g/mol. The molecule has 2 amide bonds. The maximum Gasteiger partial charge on any atom is 0.248 e. The topological polar surface area (TPSA) is 84.0 Å². The van der Waals surface area contributed by atoms with Crippen LogP contribution < -0.4 is 10.6 Å². The van der Waals surface area contributed by atoms with E-state index in [-0.39, 0.29) is 17.7 Å². The van der Waals surface area contributed by atoms with E-state index >= 15 is 0 Å². The van der Waals surface area contributed by atoms with Crippen molar-refractivity contribution in [1.29, 1.82) is 0 Å². The molecular weight excluding hydrogens is 324 g/mol. The van der Waals surface area contributed by atoms with Crippen molar-refractivity contribution in [3.8, 4) is 10.6 Å². The van der Waals surface area contributed by atoms with Gasteiger partial charge in [0.15, 0.2) is 0 Å². The number of hydrogen-bond acceptors (Lipinski definition) is 5. The van der Waals surface area contributed by atoms with Crippen LogP contribution in [-0.4, -0.2) is 28.1 Å². The average Bonchev–Trinajstić information content (AvgIpc) is 2.95. The van der Waals surface area contributed by atoms with Gasteiger partial charge in [-0.2, -0.15) is 0 Å². The van der Waals surface area contributed by atoms with Crippen molar-refractivity contribution in [2.75, 3.05) is 5.32 Å². The minimum absolute atomic E-state index is 0.134. The quantitative estimate of drug-likeness (QED) is 0.842. The zero-order valence-electron chi connectivity index (χ0n) is 14.3. The molecule has 6 nitrogen and oxygen atoms in total. The van der Waals surface area contributed by atoms with E-state index in [0.717, 1.165) is 10.6 Å². The molecule has 1 aromatic carbocycles. The van der Waals surface area contributed by atoms with Crippen molar-refractivity contribution in [2.24, 2.45) is 5.92 Å². The predicted octanol–water partition coefficient (Wildman–Crippen LogP) is 3.00. The first-order valence-corrected chi connectivity index (χ1v) is 8.67. The molecule has 0 aliphatic rings. The van der Waals surface area contributed by atoms with Gasteiger partial charge in [0.1, 0.15) is 11.0 Å². The van der Waals surface area contributed by atoms with Gasteiger partial charge in [0, 0.05) is 12.0 Å². The van der Waals surface area contributed by atoms with Gasteiger partial charge in [-0.15, -0.1) is 10.2 Å². The summed E-state index contributed by atoms with van der Waals surface area (Å²) in [6, 6.07) is 7.32. The van der Waals surface area contributed by atoms with Crippen molar-refractivity contribution in [3.63, 3.8) is 0 Å². The highest BCUT2D eigenvalue weighted by Gasteiger charge is 2.18. The zero-order chi connectivity index (χ0) is 17.7. The third-order valence-electron chi connectivity index (χ3n) is 3.32. The van der Waals surface area contributed by atoms with Crippen LogP contribution in [0.15, 0.2) is 24.3 Å². The molecule has 128 valence electrons. The van der Waals surface area contributed by atoms with Crippen LogP contribution in [0.3, 0.4) is 0 Å². The molecule has 0 radical (unpaired) electrons. The van der Waals surface area contributed by atoms with Crippen LogP contribution in [0.1, 0.15) is 32.8 Å². The number of nitrogens with zero attached hydrogens (tertiary/aromatic N) is 2. The number of amides is 2. The number of carbonyl (C=O) groups is 2. The molecule has 0 aliphatic heterocycles. The van der Waals surface area contributed by atoms with Crippen LogP contribution in [0.4, 0.5) is 5.13 Å². The molecule has 1 heterocycles. The van der Waals surface area contributed by atoms with Crippen LogP contribution in [0.5, 0.6) is 0 Å². The monoisotopic (exact) mass is 346 g/mol. The SMILES string of the molecule is Cc1ccc(-c2nnc(NC(=O)C(C)NC(=O)CC(C)C)s2)cc1. The molecule has 2 N–H and O–H groups in total. The fraction of sp³-hybridized carbons (Fsp3) is 0.412. The second kappa shape index (κ2) is 8.01. The summed E-state index contributed by atoms with van der Waals surface area (Å²) < 4.78 is 0. The molecule has 1 aromatic heterocycles. The maximum absolute atomic E-state index is 12.1. The summed E-state index contributed by atoms with van der Waals surface area (Å²) in [6.07, 6.45) is 0.397. The maximum atomic E-state index is 12.1. The van der Waals surface area contributed by atoms with E-state index in [9.17, 15) is 9.59 Å². The summed E-state index contributed by atoms with van der Waals surface area (Å²) in [7, 11) is 0. The fourth-order valence-corrected chi connectivity index (χ4v) is 2.79. The predicted molar refractivity (Wildman–Crippen MR) is 95.8 cm³/mol. The molecule has 0 aliphatic carbocycles. The van der Waals surface area contributed by atoms with Crippen molar-refractivity contribution in [2.45, 2.75) is 40.2 Å². The Morgan fingerprint density at radius 1 is 1.12 bits per heavy atom. The van der Waals surface area contributed by atoms with E-state index < -0.39 is 6.04 Å². The number of hydrogen-bond donors (Lipinski definition) is 2. The third kappa shape index (κ3) is 5.13. The highest BCUT2D eigenvalue weighted by Crippen LogP contribution is 2.26. The van der Waals surface area contributed by atoms with Gasteiger partial charge in [-0.1, -0.05) is 55.0 Å². The Hall–Kier alpha value is -2.28. The molecule has 1 unspecified atom stereocenters. The molecular formula is C17H22N4O2S. The number of rotatable bonds is 6. The lowest BCUT2D eigenvalue weighted by Gasteiger charge is -2.13. The Balaban J connectivity index is 1.95. The van der Waals surface area contributed by atoms with Crippen molar-refractivity contribution < 1.29 is 9.59 Å². The Labute approximate surface area is 145 Å². The molecule has 2 aromatic rings.